The Morgan fingerprint density at radius 2 is 1.82 bits per heavy atom. The van der Waals surface area contributed by atoms with Gasteiger partial charge in [-0.25, -0.2) is 4.98 Å². The van der Waals surface area contributed by atoms with Crippen LogP contribution in [-0.4, -0.2) is 54.0 Å². The molecule has 3 N–H and O–H groups in total. The lowest BCUT2D eigenvalue weighted by Gasteiger charge is -2.34. The Kier molecular flexibility index (Phi) is 5.01. The van der Waals surface area contributed by atoms with Gasteiger partial charge >= 0.3 is 6.18 Å². The van der Waals surface area contributed by atoms with E-state index in [-0.39, 0.29) is 16.8 Å². The molecule has 5 rings (SSSR count). The highest BCUT2D eigenvalue weighted by molar-refractivity contribution is 6.14. The van der Waals surface area contributed by atoms with E-state index in [4.69, 9.17) is 5.73 Å². The first kappa shape index (κ1) is 21.3. The van der Waals surface area contributed by atoms with Gasteiger partial charge in [-0.2, -0.15) is 13.2 Å². The topological polar surface area (TPSA) is 78.2 Å². The van der Waals surface area contributed by atoms with Gasteiger partial charge in [0.25, 0.3) is 5.91 Å². The van der Waals surface area contributed by atoms with Crippen molar-refractivity contribution in [2.45, 2.75) is 6.18 Å². The van der Waals surface area contributed by atoms with E-state index in [0.29, 0.717) is 11.0 Å². The molecule has 1 aliphatic rings. The number of aromatic amines is 1. The molecule has 0 bridgehead atoms. The van der Waals surface area contributed by atoms with Crippen LogP contribution in [0.25, 0.3) is 33.2 Å². The smallest absolute Gasteiger partial charge is 0.369 e. The number of nitrogens with one attached hydrogen (secondary N) is 1. The van der Waals surface area contributed by atoms with Gasteiger partial charge in [0.05, 0.1) is 33.4 Å². The Morgan fingerprint density at radius 3 is 2.52 bits per heavy atom. The van der Waals surface area contributed by atoms with Gasteiger partial charge in [-0.15, -0.1) is 0 Å². The number of amides is 1. The van der Waals surface area contributed by atoms with Gasteiger partial charge in [0.2, 0.25) is 0 Å². The zero-order valence-corrected chi connectivity index (χ0v) is 17.9. The normalized spacial score (nSPS) is 15.5. The largest absolute Gasteiger partial charge is 0.416 e. The molecule has 1 fully saturated rings. The first-order valence-electron chi connectivity index (χ1n) is 10.6. The number of nitrogens with two attached hydrogens (primary N) is 1. The Bertz CT molecular complexity index is 1370. The number of nitrogens with zero attached hydrogens (tertiary/aromatic N) is 3. The summed E-state index contributed by atoms with van der Waals surface area (Å²) in [6.07, 6.45) is -4.48. The standard InChI is InChI=1S/C24H22F3N5O/c1-31-7-9-32(10-8-31)16-5-6-17-20(12-16)30-22-18(23(28)33)13-19(29-21(17)22)14-3-2-4-15(11-14)24(25,26)27/h2-6,11-13,30H,7-10H2,1H3,(H2,28,33). The van der Waals surface area contributed by atoms with Crippen LogP contribution in [-0.2, 0) is 6.18 Å². The van der Waals surface area contributed by atoms with Gasteiger partial charge in [0.1, 0.15) is 0 Å². The SMILES string of the molecule is CN1CCN(c2ccc3c(c2)[nH]c2c(C(N)=O)cc(-c4cccc(C(F)(F)F)c4)nc23)CC1. The lowest BCUT2D eigenvalue weighted by Crippen LogP contribution is -2.44. The summed E-state index contributed by atoms with van der Waals surface area (Å²) in [4.78, 5) is 24.7. The summed E-state index contributed by atoms with van der Waals surface area (Å²) in [6.45, 7) is 3.76. The number of hydrogen-bond acceptors (Lipinski definition) is 4. The van der Waals surface area contributed by atoms with Crippen molar-refractivity contribution in [3.63, 3.8) is 0 Å². The number of likely N-dealkylation sites (N-methyl/N-ethyl adjacent to an activating group) is 1. The monoisotopic (exact) mass is 453 g/mol. The van der Waals surface area contributed by atoms with E-state index >= 15 is 0 Å². The number of H-pyrrole nitrogens is 1. The van der Waals surface area contributed by atoms with E-state index in [0.717, 1.165) is 54.9 Å². The molecule has 1 saturated heterocycles. The summed E-state index contributed by atoms with van der Waals surface area (Å²) < 4.78 is 39.6. The Balaban J connectivity index is 1.65. The van der Waals surface area contributed by atoms with Crippen molar-refractivity contribution in [3.05, 3.63) is 59.7 Å². The third-order valence-corrected chi connectivity index (χ3v) is 6.16. The number of rotatable bonds is 3. The van der Waals surface area contributed by atoms with E-state index in [1.54, 1.807) is 0 Å². The number of halogens is 3. The molecule has 9 heteroatoms. The highest BCUT2D eigenvalue weighted by Crippen LogP contribution is 2.35. The lowest BCUT2D eigenvalue weighted by atomic mass is 10.0. The van der Waals surface area contributed by atoms with Crippen molar-refractivity contribution in [1.29, 1.82) is 0 Å². The minimum absolute atomic E-state index is 0.185. The second-order valence-electron chi connectivity index (χ2n) is 8.37. The molecular formula is C24H22F3N5O. The van der Waals surface area contributed by atoms with Gasteiger partial charge in [-0.05, 0) is 43.4 Å². The highest BCUT2D eigenvalue weighted by Gasteiger charge is 2.30. The average Bonchev–Trinajstić information content (AvgIpc) is 3.16. The number of alkyl halides is 3. The van der Waals surface area contributed by atoms with E-state index < -0.39 is 17.6 Å². The summed E-state index contributed by atoms with van der Waals surface area (Å²) in [7, 11) is 2.09. The fourth-order valence-corrected chi connectivity index (χ4v) is 4.30. The van der Waals surface area contributed by atoms with E-state index in [1.165, 1.54) is 18.2 Å². The molecule has 0 radical (unpaired) electrons. The van der Waals surface area contributed by atoms with E-state index in [1.807, 2.05) is 18.2 Å². The molecule has 0 aliphatic carbocycles. The maximum Gasteiger partial charge on any atom is 0.416 e. The summed E-state index contributed by atoms with van der Waals surface area (Å²) in [5.74, 6) is -0.679. The number of carbonyl (C=O) groups is 1. The maximum absolute atomic E-state index is 13.2. The maximum atomic E-state index is 13.2. The third-order valence-electron chi connectivity index (χ3n) is 6.16. The zero-order chi connectivity index (χ0) is 23.3. The molecule has 0 unspecified atom stereocenters. The van der Waals surface area contributed by atoms with Crippen molar-refractivity contribution in [2.75, 3.05) is 38.1 Å². The quantitative estimate of drug-likeness (QED) is 0.486. The summed E-state index contributed by atoms with van der Waals surface area (Å²) in [6, 6.07) is 12.3. The number of piperazine rings is 1. The van der Waals surface area contributed by atoms with Gasteiger partial charge in [-0.1, -0.05) is 12.1 Å². The molecule has 170 valence electrons. The van der Waals surface area contributed by atoms with Crippen LogP contribution in [0.3, 0.4) is 0 Å². The molecule has 6 nitrogen and oxygen atoms in total. The Hall–Kier alpha value is -3.59. The van der Waals surface area contributed by atoms with Crippen molar-refractivity contribution in [1.82, 2.24) is 14.9 Å². The number of anilines is 1. The average molecular weight is 453 g/mol. The molecule has 2 aromatic carbocycles. The number of hydrogen-bond donors (Lipinski definition) is 2. The predicted molar refractivity (Wildman–Crippen MR) is 122 cm³/mol. The van der Waals surface area contributed by atoms with E-state index in [2.05, 4.69) is 26.8 Å². The van der Waals surface area contributed by atoms with Crippen LogP contribution in [0.4, 0.5) is 18.9 Å². The Labute approximate surface area is 187 Å². The molecule has 1 aliphatic heterocycles. The van der Waals surface area contributed by atoms with Crippen molar-refractivity contribution >= 4 is 33.5 Å². The third kappa shape index (κ3) is 3.89. The first-order valence-corrected chi connectivity index (χ1v) is 10.6. The number of carbonyl (C=O) groups excluding carboxylic acids is 1. The number of aromatic nitrogens is 2. The van der Waals surface area contributed by atoms with Crippen LogP contribution >= 0.6 is 0 Å². The minimum Gasteiger partial charge on any atom is -0.369 e. The molecule has 4 aromatic rings. The second kappa shape index (κ2) is 7.77. The zero-order valence-electron chi connectivity index (χ0n) is 17.9. The number of primary amides is 1. The summed E-state index contributed by atoms with van der Waals surface area (Å²) in [5, 5.41) is 0.777. The van der Waals surface area contributed by atoms with Gasteiger partial charge in [0, 0.05) is 42.8 Å². The number of fused-ring (bicyclic) bond motifs is 3. The highest BCUT2D eigenvalue weighted by atomic mass is 19.4. The number of benzene rings is 2. The van der Waals surface area contributed by atoms with Crippen LogP contribution in [0.5, 0.6) is 0 Å². The minimum atomic E-state index is -4.48. The summed E-state index contributed by atoms with van der Waals surface area (Å²) in [5.41, 5.74) is 8.37. The fourth-order valence-electron chi connectivity index (χ4n) is 4.30. The molecule has 0 saturated carbocycles. The van der Waals surface area contributed by atoms with Crippen molar-refractivity contribution in [2.24, 2.45) is 5.73 Å². The predicted octanol–water partition coefficient (Wildman–Crippen LogP) is 4.25. The first-order chi connectivity index (χ1) is 15.7. The molecular weight excluding hydrogens is 431 g/mol. The molecule has 0 atom stereocenters. The van der Waals surface area contributed by atoms with Gasteiger partial charge in [0.15, 0.2) is 0 Å². The fraction of sp³-hybridized carbons (Fsp3) is 0.250. The molecule has 0 spiro atoms. The Morgan fingerprint density at radius 1 is 1.06 bits per heavy atom. The molecule has 2 aromatic heterocycles. The van der Waals surface area contributed by atoms with Crippen LogP contribution in [0.1, 0.15) is 15.9 Å². The van der Waals surface area contributed by atoms with Crippen LogP contribution < -0.4 is 10.6 Å². The molecule has 1 amide bonds. The van der Waals surface area contributed by atoms with Gasteiger partial charge in [-0.3, -0.25) is 4.79 Å². The molecule has 33 heavy (non-hydrogen) atoms. The summed E-state index contributed by atoms with van der Waals surface area (Å²) >= 11 is 0. The molecule has 3 heterocycles. The van der Waals surface area contributed by atoms with Crippen LogP contribution in [0.15, 0.2) is 48.5 Å². The van der Waals surface area contributed by atoms with Gasteiger partial charge < -0.3 is 20.5 Å². The van der Waals surface area contributed by atoms with Crippen LogP contribution in [0.2, 0.25) is 0 Å². The second-order valence-corrected chi connectivity index (χ2v) is 8.37. The lowest BCUT2D eigenvalue weighted by molar-refractivity contribution is -0.137. The van der Waals surface area contributed by atoms with Crippen molar-refractivity contribution in [3.8, 4) is 11.3 Å². The van der Waals surface area contributed by atoms with Crippen molar-refractivity contribution < 1.29 is 18.0 Å². The van der Waals surface area contributed by atoms with E-state index in [9.17, 15) is 18.0 Å². The number of pyridine rings is 1. The van der Waals surface area contributed by atoms with Crippen LogP contribution in [0, 0.1) is 0 Å².